The molecule has 0 amide bonds. The lowest BCUT2D eigenvalue weighted by atomic mass is 10.1. The number of fused-ring (bicyclic) bond motifs is 2. The van der Waals surface area contributed by atoms with Crippen LogP contribution in [0, 0.1) is 6.92 Å². The molecule has 0 N–H and O–H groups in total. The van der Waals surface area contributed by atoms with E-state index in [1.807, 2.05) is 6.92 Å². The van der Waals surface area contributed by atoms with Gasteiger partial charge in [0.05, 0.1) is 15.6 Å². The number of aryl methyl sites for hydroxylation is 1. The van der Waals surface area contributed by atoms with E-state index in [0.29, 0.717) is 16.9 Å². The van der Waals surface area contributed by atoms with Gasteiger partial charge in [0.15, 0.2) is 22.7 Å². The highest BCUT2D eigenvalue weighted by atomic mass is 35.5. The predicted molar refractivity (Wildman–Crippen MR) is 86.3 cm³/mol. The van der Waals surface area contributed by atoms with Crippen molar-refractivity contribution in [1.29, 1.82) is 0 Å². The Balaban J connectivity index is 1.81. The highest BCUT2D eigenvalue weighted by molar-refractivity contribution is 6.46. The van der Waals surface area contributed by atoms with Gasteiger partial charge in [-0.3, -0.25) is 9.59 Å². The number of rotatable bonds is 1. The molecule has 0 fully saturated rings. The zero-order valence-corrected chi connectivity index (χ0v) is 13.3. The van der Waals surface area contributed by atoms with Gasteiger partial charge in [-0.25, -0.2) is 0 Å². The van der Waals surface area contributed by atoms with Crippen molar-refractivity contribution >= 4 is 52.0 Å². The molecule has 0 saturated carbocycles. The van der Waals surface area contributed by atoms with Gasteiger partial charge in [-0.2, -0.15) is 0 Å². The fourth-order valence-corrected chi connectivity index (χ4v) is 2.96. The summed E-state index contributed by atoms with van der Waals surface area (Å²) in [4.78, 5) is 24.9. The van der Waals surface area contributed by atoms with Crippen molar-refractivity contribution in [3.05, 3.63) is 62.5 Å². The molecule has 0 saturated heterocycles. The number of ketones is 2. The Bertz CT molecular complexity index is 962. The summed E-state index contributed by atoms with van der Waals surface area (Å²) in [7, 11) is 0. The van der Waals surface area contributed by atoms with Crippen LogP contribution in [0.4, 0.5) is 0 Å². The second-order valence-corrected chi connectivity index (χ2v) is 6.08. The van der Waals surface area contributed by atoms with Crippen LogP contribution in [0.5, 0.6) is 0 Å². The second kappa shape index (κ2) is 4.85. The van der Waals surface area contributed by atoms with Gasteiger partial charge in [-0.1, -0.05) is 23.2 Å². The van der Waals surface area contributed by atoms with Crippen LogP contribution in [0.25, 0.3) is 17.2 Å². The molecule has 1 aliphatic rings. The minimum Gasteiger partial charge on any atom is -0.458 e. The quantitative estimate of drug-likeness (QED) is 0.454. The van der Waals surface area contributed by atoms with Gasteiger partial charge in [0.25, 0.3) is 0 Å². The molecule has 0 aliphatic heterocycles. The molecular weight excluding hydrogens is 339 g/mol. The maximum Gasteiger partial charge on any atom is 0.197 e. The van der Waals surface area contributed by atoms with Crippen LogP contribution in [0.1, 0.15) is 32.2 Å². The first-order chi connectivity index (χ1) is 10.9. The second-order valence-electron chi connectivity index (χ2n) is 5.26. The maximum absolute atomic E-state index is 12.4. The highest BCUT2D eigenvalue weighted by Gasteiger charge is 2.34. The maximum atomic E-state index is 12.4. The lowest BCUT2D eigenvalue weighted by Crippen LogP contribution is -1.99. The first kappa shape index (κ1) is 14.3. The van der Waals surface area contributed by atoms with Crippen molar-refractivity contribution in [2.24, 2.45) is 0 Å². The molecule has 0 bridgehead atoms. The molecule has 6 heteroatoms. The summed E-state index contributed by atoms with van der Waals surface area (Å²) < 4.78 is 11.0. The van der Waals surface area contributed by atoms with Crippen molar-refractivity contribution in [2.45, 2.75) is 6.92 Å². The molecule has 0 unspecified atom stereocenters. The smallest absolute Gasteiger partial charge is 0.197 e. The lowest BCUT2D eigenvalue weighted by Gasteiger charge is -1.98. The van der Waals surface area contributed by atoms with Crippen molar-refractivity contribution in [3.8, 4) is 0 Å². The third-order valence-electron chi connectivity index (χ3n) is 3.67. The number of furan rings is 2. The van der Waals surface area contributed by atoms with Crippen molar-refractivity contribution in [1.82, 2.24) is 0 Å². The third-order valence-corrected chi connectivity index (χ3v) is 4.40. The van der Waals surface area contributed by atoms with E-state index in [2.05, 4.69) is 0 Å². The average Bonchev–Trinajstić information content (AvgIpc) is 3.07. The summed E-state index contributed by atoms with van der Waals surface area (Å²) in [5.41, 5.74) is 1.65. The number of Topliss-reactive ketones (excluding diaryl/α,β-unsaturated/α-hetero) is 2. The summed E-state index contributed by atoms with van der Waals surface area (Å²) in [5, 5.41) is 0.470. The van der Waals surface area contributed by atoms with E-state index < -0.39 is 11.6 Å². The molecular formula is C17H8Cl2O4. The van der Waals surface area contributed by atoms with Crippen LogP contribution in [-0.4, -0.2) is 11.6 Å². The number of carbonyl (C=O) groups is 2. The molecule has 2 heterocycles. The SMILES string of the molecule is Cc1cc2oc(C=C3C(=O)c4cc(Cl)c(Cl)cc4C3=O)cc2o1. The molecule has 1 aliphatic carbocycles. The van der Waals surface area contributed by atoms with Gasteiger partial charge < -0.3 is 8.83 Å². The molecule has 0 radical (unpaired) electrons. The standard InChI is InChI=1S/C17H8Cl2O4/c1-7-2-14-15(22-7)4-8(23-14)3-11-16(20)9-5-12(18)13(19)6-10(9)17(11)21/h2-6H,1H3. The average molecular weight is 347 g/mol. The summed E-state index contributed by atoms with van der Waals surface area (Å²) in [6.07, 6.45) is 1.41. The van der Waals surface area contributed by atoms with Gasteiger partial charge in [0.2, 0.25) is 0 Å². The summed E-state index contributed by atoms with van der Waals surface area (Å²) in [6, 6.07) is 6.21. The van der Waals surface area contributed by atoms with Crippen molar-refractivity contribution in [2.75, 3.05) is 0 Å². The van der Waals surface area contributed by atoms with E-state index in [1.54, 1.807) is 12.1 Å². The summed E-state index contributed by atoms with van der Waals surface area (Å²) in [5.74, 6) is 0.309. The van der Waals surface area contributed by atoms with Gasteiger partial charge in [0.1, 0.15) is 11.5 Å². The monoisotopic (exact) mass is 346 g/mol. The predicted octanol–water partition coefficient (Wildman–Crippen LogP) is 5.10. The number of allylic oxidation sites excluding steroid dienone is 1. The van der Waals surface area contributed by atoms with E-state index in [4.69, 9.17) is 32.0 Å². The van der Waals surface area contributed by atoms with Crippen molar-refractivity contribution in [3.63, 3.8) is 0 Å². The molecule has 1 aromatic carbocycles. The van der Waals surface area contributed by atoms with E-state index in [9.17, 15) is 9.59 Å². The van der Waals surface area contributed by atoms with Crippen LogP contribution in [0.3, 0.4) is 0 Å². The van der Waals surface area contributed by atoms with Crippen molar-refractivity contribution < 1.29 is 18.4 Å². The molecule has 4 nitrogen and oxygen atoms in total. The molecule has 23 heavy (non-hydrogen) atoms. The minimum absolute atomic E-state index is 0.0199. The fourth-order valence-electron chi connectivity index (χ4n) is 2.64. The Morgan fingerprint density at radius 1 is 0.870 bits per heavy atom. The topological polar surface area (TPSA) is 60.4 Å². The van der Waals surface area contributed by atoms with E-state index >= 15 is 0 Å². The first-order valence-electron chi connectivity index (χ1n) is 6.74. The zero-order valence-electron chi connectivity index (χ0n) is 11.8. The molecule has 0 spiro atoms. The fraction of sp³-hybridized carbons (Fsp3) is 0.0588. The Morgan fingerprint density at radius 3 is 2.00 bits per heavy atom. The van der Waals surface area contributed by atoms with Crippen LogP contribution < -0.4 is 0 Å². The number of hydrogen-bond acceptors (Lipinski definition) is 4. The molecule has 2 aromatic heterocycles. The van der Waals surface area contributed by atoms with Gasteiger partial charge in [-0.15, -0.1) is 0 Å². The number of halogens is 2. The Labute approximate surface area is 140 Å². The molecule has 0 atom stereocenters. The molecule has 4 rings (SSSR count). The Hall–Kier alpha value is -2.30. The van der Waals surface area contributed by atoms with Gasteiger partial charge >= 0.3 is 0 Å². The third kappa shape index (κ3) is 2.14. The minimum atomic E-state index is -0.396. The largest absolute Gasteiger partial charge is 0.458 e. The van der Waals surface area contributed by atoms with E-state index in [0.717, 1.165) is 5.76 Å². The lowest BCUT2D eigenvalue weighted by molar-refractivity contribution is 0.0990. The first-order valence-corrected chi connectivity index (χ1v) is 7.50. The molecule has 3 aromatic rings. The van der Waals surface area contributed by atoms with Gasteiger partial charge in [0, 0.05) is 23.3 Å². The normalized spacial score (nSPS) is 14.0. The highest BCUT2D eigenvalue weighted by Crippen LogP contribution is 2.34. The van der Waals surface area contributed by atoms with Crippen LogP contribution in [-0.2, 0) is 0 Å². The van der Waals surface area contributed by atoms with Crippen LogP contribution in [0.2, 0.25) is 10.0 Å². The summed E-state index contributed by atoms with van der Waals surface area (Å²) >= 11 is 11.8. The van der Waals surface area contributed by atoms with E-state index in [-0.39, 0.29) is 26.7 Å². The Kier molecular flexibility index (Phi) is 3.01. The number of benzene rings is 1. The van der Waals surface area contributed by atoms with Crippen LogP contribution in [0.15, 0.2) is 38.7 Å². The number of hydrogen-bond donors (Lipinski definition) is 0. The zero-order chi connectivity index (χ0) is 16.3. The van der Waals surface area contributed by atoms with E-state index in [1.165, 1.54) is 18.2 Å². The Morgan fingerprint density at radius 2 is 1.43 bits per heavy atom. The summed E-state index contributed by atoms with van der Waals surface area (Å²) in [6.45, 7) is 1.81. The van der Waals surface area contributed by atoms with Crippen LogP contribution >= 0.6 is 23.2 Å². The van der Waals surface area contributed by atoms with Gasteiger partial charge in [-0.05, 0) is 25.1 Å². The number of carbonyl (C=O) groups excluding carboxylic acids is 2. The molecule has 114 valence electrons.